The van der Waals surface area contributed by atoms with Crippen LogP contribution in [-0.4, -0.2) is 30.1 Å². The lowest BCUT2D eigenvalue weighted by atomic mass is 10.1. The predicted molar refractivity (Wildman–Crippen MR) is 111 cm³/mol. The Kier molecular flexibility index (Phi) is 6.28. The normalized spacial score (nSPS) is 11.2. The van der Waals surface area contributed by atoms with Crippen molar-refractivity contribution in [3.8, 4) is 5.75 Å². The number of hydrogen-bond donors (Lipinski definition) is 0. The molecule has 0 bridgehead atoms. The molecule has 0 aliphatic carbocycles. The zero-order valence-corrected chi connectivity index (χ0v) is 17.7. The molecule has 7 nitrogen and oxygen atoms in total. The summed E-state index contributed by atoms with van der Waals surface area (Å²) in [6, 6.07) is 13.1. The van der Waals surface area contributed by atoms with Gasteiger partial charge in [0.2, 0.25) is 15.0 Å². The van der Waals surface area contributed by atoms with Crippen LogP contribution >= 0.6 is 11.6 Å². The molecule has 30 heavy (non-hydrogen) atoms. The summed E-state index contributed by atoms with van der Waals surface area (Å²) in [4.78, 5) is 31.7. The van der Waals surface area contributed by atoms with Gasteiger partial charge in [-0.3, -0.25) is 4.79 Å². The zero-order valence-electron chi connectivity index (χ0n) is 16.1. The molecule has 0 amide bonds. The molecule has 0 aliphatic heterocycles. The van der Waals surface area contributed by atoms with Crippen molar-refractivity contribution in [3.05, 3.63) is 82.1 Å². The van der Waals surface area contributed by atoms with E-state index in [1.807, 2.05) is 0 Å². The molecule has 0 aliphatic rings. The van der Waals surface area contributed by atoms with E-state index in [2.05, 4.69) is 9.97 Å². The van der Waals surface area contributed by atoms with E-state index in [4.69, 9.17) is 16.3 Å². The van der Waals surface area contributed by atoms with Crippen LogP contribution in [0.1, 0.15) is 38.9 Å². The second-order valence-electron chi connectivity index (χ2n) is 6.52. The van der Waals surface area contributed by atoms with Crippen LogP contribution in [0.3, 0.4) is 0 Å². The number of sulfone groups is 1. The van der Waals surface area contributed by atoms with Crippen LogP contribution in [0, 0.1) is 6.92 Å². The summed E-state index contributed by atoms with van der Waals surface area (Å²) in [5.74, 6) is -1.18. The Morgan fingerprint density at radius 3 is 2.43 bits per heavy atom. The van der Waals surface area contributed by atoms with E-state index < -0.39 is 21.0 Å². The van der Waals surface area contributed by atoms with Crippen LogP contribution in [0.15, 0.2) is 59.9 Å². The molecule has 0 saturated carbocycles. The highest BCUT2D eigenvalue weighted by molar-refractivity contribution is 7.90. The Balaban J connectivity index is 1.88. The standard InChI is InChI=1S/C21H17ClN2O5S/c1-13-10-16(14(2)25)8-9-18(13)29-20(26)19-17(22)11-23-21(24-19)30(27,28)12-15-6-4-3-5-7-15/h3-11H,12H2,1-2H3. The average molecular weight is 445 g/mol. The van der Waals surface area contributed by atoms with E-state index in [1.165, 1.54) is 19.1 Å². The Morgan fingerprint density at radius 1 is 1.10 bits per heavy atom. The van der Waals surface area contributed by atoms with Crippen molar-refractivity contribution in [1.82, 2.24) is 9.97 Å². The summed E-state index contributed by atoms with van der Waals surface area (Å²) in [6.07, 6.45) is 1.05. The maximum atomic E-state index is 12.6. The smallest absolute Gasteiger partial charge is 0.364 e. The number of carbonyl (C=O) groups excluding carboxylic acids is 2. The van der Waals surface area contributed by atoms with E-state index in [0.717, 1.165) is 6.20 Å². The van der Waals surface area contributed by atoms with E-state index >= 15 is 0 Å². The summed E-state index contributed by atoms with van der Waals surface area (Å²) in [5, 5.41) is -0.664. The van der Waals surface area contributed by atoms with E-state index in [1.54, 1.807) is 43.3 Å². The number of carbonyl (C=O) groups is 2. The van der Waals surface area contributed by atoms with Gasteiger partial charge in [0.1, 0.15) is 5.75 Å². The molecule has 0 radical (unpaired) electrons. The second kappa shape index (κ2) is 8.73. The van der Waals surface area contributed by atoms with Crippen molar-refractivity contribution in [2.24, 2.45) is 0 Å². The first kappa shape index (κ1) is 21.6. The van der Waals surface area contributed by atoms with Crippen LogP contribution < -0.4 is 4.74 Å². The molecule has 0 atom stereocenters. The maximum Gasteiger partial charge on any atom is 0.364 e. The number of esters is 1. The number of ketones is 1. The molecule has 9 heteroatoms. The molecule has 0 N–H and O–H groups in total. The summed E-state index contributed by atoms with van der Waals surface area (Å²) < 4.78 is 30.6. The summed E-state index contributed by atoms with van der Waals surface area (Å²) in [5.41, 5.74) is 1.22. The second-order valence-corrected chi connectivity index (χ2v) is 8.81. The molecule has 0 saturated heterocycles. The number of benzene rings is 2. The number of hydrogen-bond acceptors (Lipinski definition) is 7. The van der Waals surface area contributed by atoms with Gasteiger partial charge >= 0.3 is 5.97 Å². The molecule has 1 heterocycles. The van der Waals surface area contributed by atoms with Gasteiger partial charge in [0, 0.05) is 5.56 Å². The SMILES string of the molecule is CC(=O)c1ccc(OC(=O)c2nc(S(=O)(=O)Cc3ccccc3)ncc2Cl)c(C)c1. The lowest BCUT2D eigenvalue weighted by Crippen LogP contribution is -2.17. The van der Waals surface area contributed by atoms with E-state index in [9.17, 15) is 18.0 Å². The minimum Gasteiger partial charge on any atom is -0.421 e. The molecule has 2 aromatic carbocycles. The minimum absolute atomic E-state index is 0.122. The monoisotopic (exact) mass is 444 g/mol. The minimum atomic E-state index is -3.91. The van der Waals surface area contributed by atoms with Gasteiger partial charge in [0.05, 0.1) is 17.0 Å². The van der Waals surface area contributed by atoms with Gasteiger partial charge in [-0.2, -0.15) is 0 Å². The lowest BCUT2D eigenvalue weighted by molar-refractivity contribution is 0.0726. The molecule has 0 unspecified atom stereocenters. The van der Waals surface area contributed by atoms with Crippen molar-refractivity contribution < 1.29 is 22.7 Å². The Labute approximate surface area is 178 Å². The molecular weight excluding hydrogens is 428 g/mol. The first-order chi connectivity index (χ1) is 14.2. The number of nitrogens with zero attached hydrogens (tertiary/aromatic N) is 2. The fourth-order valence-corrected chi connectivity index (χ4v) is 4.01. The van der Waals surface area contributed by atoms with Gasteiger partial charge in [-0.05, 0) is 43.2 Å². The summed E-state index contributed by atoms with van der Waals surface area (Å²) in [6.45, 7) is 3.10. The topological polar surface area (TPSA) is 103 Å². The number of rotatable bonds is 6. The van der Waals surface area contributed by atoms with Gasteiger partial charge in [0.25, 0.3) is 0 Å². The highest BCUT2D eigenvalue weighted by Gasteiger charge is 2.24. The van der Waals surface area contributed by atoms with Gasteiger partial charge < -0.3 is 4.74 Å². The number of Topliss-reactive ketones (excluding diaryl/α,β-unsaturated/α-hetero) is 1. The largest absolute Gasteiger partial charge is 0.421 e. The number of aromatic nitrogens is 2. The third kappa shape index (κ3) is 4.90. The molecular formula is C21H17ClN2O5S. The first-order valence-corrected chi connectivity index (χ1v) is 10.8. The van der Waals surface area contributed by atoms with Gasteiger partial charge in [0.15, 0.2) is 11.5 Å². The van der Waals surface area contributed by atoms with Crippen LogP contribution in [0.2, 0.25) is 5.02 Å². The van der Waals surface area contributed by atoms with Crippen LogP contribution in [-0.2, 0) is 15.6 Å². The molecule has 3 rings (SSSR count). The van der Waals surface area contributed by atoms with Crippen LogP contribution in [0.4, 0.5) is 0 Å². The Bertz CT molecular complexity index is 1230. The fraction of sp³-hybridized carbons (Fsp3) is 0.143. The quantitative estimate of drug-likeness (QED) is 0.246. The molecule has 154 valence electrons. The summed E-state index contributed by atoms with van der Waals surface area (Å²) in [7, 11) is -3.91. The third-order valence-electron chi connectivity index (χ3n) is 4.18. The van der Waals surface area contributed by atoms with Gasteiger partial charge in [-0.25, -0.2) is 23.2 Å². The third-order valence-corrected chi connectivity index (χ3v) is 5.92. The van der Waals surface area contributed by atoms with Crippen molar-refractivity contribution in [1.29, 1.82) is 0 Å². The zero-order chi connectivity index (χ0) is 21.9. The van der Waals surface area contributed by atoms with Crippen molar-refractivity contribution in [2.45, 2.75) is 24.8 Å². The fourth-order valence-electron chi connectivity index (χ4n) is 2.63. The molecule has 1 aromatic heterocycles. The number of halogens is 1. The molecule has 0 fully saturated rings. The number of aryl methyl sites for hydroxylation is 1. The van der Waals surface area contributed by atoms with E-state index in [-0.39, 0.29) is 28.0 Å². The number of ether oxygens (including phenoxy) is 1. The van der Waals surface area contributed by atoms with Crippen molar-refractivity contribution in [3.63, 3.8) is 0 Å². The van der Waals surface area contributed by atoms with Crippen LogP contribution in [0.5, 0.6) is 5.75 Å². The van der Waals surface area contributed by atoms with Crippen molar-refractivity contribution in [2.75, 3.05) is 0 Å². The predicted octanol–water partition coefficient (Wildman–Crippen LogP) is 3.83. The Morgan fingerprint density at radius 2 is 1.80 bits per heavy atom. The lowest BCUT2D eigenvalue weighted by Gasteiger charge is -2.10. The van der Waals surface area contributed by atoms with Gasteiger partial charge in [-0.15, -0.1) is 0 Å². The highest BCUT2D eigenvalue weighted by Crippen LogP contribution is 2.23. The first-order valence-electron chi connectivity index (χ1n) is 8.80. The summed E-state index contributed by atoms with van der Waals surface area (Å²) >= 11 is 6.01. The highest BCUT2D eigenvalue weighted by atomic mass is 35.5. The maximum absolute atomic E-state index is 12.6. The van der Waals surface area contributed by atoms with E-state index in [0.29, 0.717) is 16.7 Å². The van der Waals surface area contributed by atoms with Gasteiger partial charge in [-0.1, -0.05) is 41.9 Å². The Hall–Kier alpha value is -3.10. The van der Waals surface area contributed by atoms with Crippen LogP contribution in [0.25, 0.3) is 0 Å². The molecule has 3 aromatic rings. The van der Waals surface area contributed by atoms with Crippen molar-refractivity contribution >= 4 is 33.2 Å². The average Bonchev–Trinajstić information content (AvgIpc) is 2.69. The molecule has 0 spiro atoms.